The second-order valence-electron chi connectivity index (χ2n) is 7.12. The molecule has 0 spiro atoms. The maximum atomic E-state index is 12.4. The number of rotatable bonds is 2. The molecule has 0 aromatic rings. The summed E-state index contributed by atoms with van der Waals surface area (Å²) in [6.45, 7) is 8.92. The second-order valence-corrected chi connectivity index (χ2v) is 8.35. The van der Waals surface area contributed by atoms with Crippen LogP contribution >= 0.6 is 11.8 Å². The van der Waals surface area contributed by atoms with Crippen molar-refractivity contribution in [2.75, 3.05) is 37.7 Å². The highest BCUT2D eigenvalue weighted by Gasteiger charge is 2.30. The summed E-state index contributed by atoms with van der Waals surface area (Å²) in [5.74, 6) is 2.81. The Morgan fingerprint density at radius 1 is 1.26 bits per heavy atom. The van der Waals surface area contributed by atoms with Crippen LogP contribution in [0, 0.1) is 0 Å². The Labute approximate surface area is 143 Å². The smallest absolute Gasteiger partial charge is 0.410 e. The molecule has 2 rings (SSSR count). The van der Waals surface area contributed by atoms with Crippen molar-refractivity contribution < 1.29 is 9.53 Å². The number of thioether (sulfide) groups is 1. The fraction of sp³-hybridized carbons (Fsp3) is 0.875. The van der Waals surface area contributed by atoms with Crippen molar-refractivity contribution in [3.8, 4) is 0 Å². The first kappa shape index (κ1) is 18.2. The van der Waals surface area contributed by atoms with Crippen molar-refractivity contribution in [2.24, 2.45) is 10.7 Å². The van der Waals surface area contributed by atoms with Crippen molar-refractivity contribution in [1.29, 1.82) is 0 Å². The summed E-state index contributed by atoms with van der Waals surface area (Å²) in [5, 5.41) is 0. The number of carbonyl (C=O) groups excluding carboxylic acids is 1. The first-order chi connectivity index (χ1) is 10.9. The maximum absolute atomic E-state index is 12.4. The van der Waals surface area contributed by atoms with Crippen LogP contribution in [0.25, 0.3) is 0 Å². The molecule has 2 aliphatic heterocycles. The summed E-state index contributed by atoms with van der Waals surface area (Å²) in [6, 6.07) is 0.0938. The van der Waals surface area contributed by atoms with Crippen molar-refractivity contribution in [2.45, 2.75) is 51.7 Å². The lowest BCUT2D eigenvalue weighted by atomic mass is 10.0. The predicted molar refractivity (Wildman–Crippen MR) is 96.0 cm³/mol. The van der Waals surface area contributed by atoms with E-state index >= 15 is 0 Å². The summed E-state index contributed by atoms with van der Waals surface area (Å²) in [7, 11) is 0. The largest absolute Gasteiger partial charge is 0.444 e. The molecule has 1 amide bonds. The van der Waals surface area contributed by atoms with E-state index in [2.05, 4.69) is 9.89 Å². The summed E-state index contributed by atoms with van der Waals surface area (Å²) in [5.41, 5.74) is 5.66. The first-order valence-electron chi connectivity index (χ1n) is 8.49. The molecule has 0 aliphatic carbocycles. The van der Waals surface area contributed by atoms with Gasteiger partial charge >= 0.3 is 6.09 Å². The molecule has 1 unspecified atom stereocenters. The number of hydrogen-bond donors (Lipinski definition) is 1. The van der Waals surface area contributed by atoms with Gasteiger partial charge < -0.3 is 20.3 Å². The zero-order valence-corrected chi connectivity index (χ0v) is 15.4. The van der Waals surface area contributed by atoms with E-state index in [1.165, 1.54) is 0 Å². The molecule has 2 heterocycles. The summed E-state index contributed by atoms with van der Waals surface area (Å²) in [6.07, 6.45) is 2.88. The molecule has 23 heavy (non-hydrogen) atoms. The van der Waals surface area contributed by atoms with E-state index < -0.39 is 5.60 Å². The Morgan fingerprint density at radius 3 is 2.61 bits per heavy atom. The molecule has 0 aromatic heterocycles. The molecule has 0 bridgehead atoms. The number of piperidine rings is 1. The summed E-state index contributed by atoms with van der Waals surface area (Å²) >= 11 is 1.95. The Bertz CT molecular complexity index is 430. The number of nitrogens with two attached hydrogens (primary N) is 1. The summed E-state index contributed by atoms with van der Waals surface area (Å²) in [4.78, 5) is 20.9. The number of guanidine groups is 1. The van der Waals surface area contributed by atoms with Gasteiger partial charge in [-0.25, -0.2) is 4.79 Å². The lowest BCUT2D eigenvalue weighted by Crippen LogP contribution is -2.48. The standard InChI is InChI=1S/C16H30N4O2S/c1-16(2,3)22-15(21)20-7-5-4-6-13(20)12-18-14(17)19-8-10-23-11-9-19/h13H,4-12H2,1-3H3,(H2,17,18). The molecule has 132 valence electrons. The van der Waals surface area contributed by atoms with Crippen LogP contribution in [0.5, 0.6) is 0 Å². The van der Waals surface area contributed by atoms with Gasteiger partial charge in [-0.3, -0.25) is 4.99 Å². The van der Waals surface area contributed by atoms with Gasteiger partial charge in [0.2, 0.25) is 0 Å². The van der Waals surface area contributed by atoms with Crippen molar-refractivity contribution in [1.82, 2.24) is 9.80 Å². The van der Waals surface area contributed by atoms with Crippen LogP contribution in [0.15, 0.2) is 4.99 Å². The van der Waals surface area contributed by atoms with Gasteiger partial charge in [0.05, 0.1) is 12.6 Å². The molecule has 2 saturated heterocycles. The molecule has 2 aliphatic rings. The average molecular weight is 343 g/mol. The predicted octanol–water partition coefficient (Wildman–Crippen LogP) is 2.14. The SMILES string of the molecule is CC(C)(C)OC(=O)N1CCCCC1CN=C(N)N1CCSCC1. The fourth-order valence-electron chi connectivity index (χ4n) is 2.84. The Hall–Kier alpha value is -1.11. The number of carbonyl (C=O) groups is 1. The molecular weight excluding hydrogens is 312 g/mol. The van der Waals surface area contributed by atoms with E-state index in [1.54, 1.807) is 0 Å². The molecule has 7 heteroatoms. The van der Waals surface area contributed by atoms with Gasteiger partial charge in [0.25, 0.3) is 0 Å². The zero-order valence-electron chi connectivity index (χ0n) is 14.6. The molecule has 1 atom stereocenters. The number of aliphatic imine (C=N–C) groups is 1. The molecule has 2 fully saturated rings. The molecule has 0 aromatic carbocycles. The highest BCUT2D eigenvalue weighted by molar-refractivity contribution is 7.99. The van der Waals surface area contributed by atoms with Gasteiger partial charge in [-0.1, -0.05) is 0 Å². The second kappa shape index (κ2) is 8.13. The van der Waals surface area contributed by atoms with E-state index in [0.717, 1.165) is 50.4 Å². The van der Waals surface area contributed by atoms with Gasteiger partial charge in [0.15, 0.2) is 5.96 Å². The molecule has 0 saturated carbocycles. The number of hydrogen-bond acceptors (Lipinski definition) is 4. The highest BCUT2D eigenvalue weighted by Crippen LogP contribution is 2.21. The molecule has 0 radical (unpaired) electrons. The van der Waals surface area contributed by atoms with E-state index in [0.29, 0.717) is 12.5 Å². The van der Waals surface area contributed by atoms with Crippen molar-refractivity contribution >= 4 is 23.8 Å². The van der Waals surface area contributed by atoms with Gasteiger partial charge in [-0.05, 0) is 40.0 Å². The van der Waals surface area contributed by atoms with Crippen LogP contribution in [0.4, 0.5) is 4.79 Å². The van der Waals surface area contributed by atoms with E-state index in [1.807, 2.05) is 37.4 Å². The number of ether oxygens (including phenoxy) is 1. The monoisotopic (exact) mass is 342 g/mol. The molecular formula is C16H30N4O2S. The molecule has 2 N–H and O–H groups in total. The Morgan fingerprint density at radius 2 is 1.96 bits per heavy atom. The van der Waals surface area contributed by atoms with Gasteiger partial charge in [0.1, 0.15) is 5.60 Å². The van der Waals surface area contributed by atoms with Crippen LogP contribution in [0.3, 0.4) is 0 Å². The maximum Gasteiger partial charge on any atom is 0.410 e. The van der Waals surface area contributed by atoms with E-state index in [-0.39, 0.29) is 12.1 Å². The fourth-order valence-corrected chi connectivity index (χ4v) is 3.75. The number of likely N-dealkylation sites (tertiary alicyclic amines) is 1. The zero-order chi connectivity index (χ0) is 16.9. The third-order valence-corrected chi connectivity index (χ3v) is 5.00. The van der Waals surface area contributed by atoms with Crippen LogP contribution in [0.1, 0.15) is 40.0 Å². The number of nitrogens with zero attached hydrogens (tertiary/aromatic N) is 3. The van der Waals surface area contributed by atoms with Crippen LogP contribution in [0.2, 0.25) is 0 Å². The lowest BCUT2D eigenvalue weighted by Gasteiger charge is -2.36. The molecule has 6 nitrogen and oxygen atoms in total. The van der Waals surface area contributed by atoms with Crippen molar-refractivity contribution in [3.63, 3.8) is 0 Å². The van der Waals surface area contributed by atoms with E-state index in [4.69, 9.17) is 10.5 Å². The van der Waals surface area contributed by atoms with Gasteiger partial charge in [0, 0.05) is 31.1 Å². The first-order valence-corrected chi connectivity index (χ1v) is 9.64. The minimum atomic E-state index is -0.465. The normalized spacial score (nSPS) is 23.8. The minimum absolute atomic E-state index is 0.0938. The van der Waals surface area contributed by atoms with Crippen molar-refractivity contribution in [3.05, 3.63) is 0 Å². The topological polar surface area (TPSA) is 71.2 Å². The number of amides is 1. The highest BCUT2D eigenvalue weighted by atomic mass is 32.2. The van der Waals surface area contributed by atoms with Crippen LogP contribution < -0.4 is 5.73 Å². The Balaban J connectivity index is 1.93. The van der Waals surface area contributed by atoms with Gasteiger partial charge in [-0.15, -0.1) is 0 Å². The van der Waals surface area contributed by atoms with Gasteiger partial charge in [-0.2, -0.15) is 11.8 Å². The lowest BCUT2D eigenvalue weighted by molar-refractivity contribution is 0.0109. The minimum Gasteiger partial charge on any atom is -0.444 e. The van der Waals surface area contributed by atoms with Crippen LogP contribution in [-0.4, -0.2) is 71.2 Å². The van der Waals surface area contributed by atoms with E-state index in [9.17, 15) is 4.79 Å². The third kappa shape index (κ3) is 5.79. The van der Waals surface area contributed by atoms with Crippen LogP contribution in [-0.2, 0) is 4.74 Å². The quantitative estimate of drug-likeness (QED) is 0.615. The Kier molecular flexibility index (Phi) is 6.44. The third-order valence-electron chi connectivity index (χ3n) is 4.05. The average Bonchev–Trinajstić information content (AvgIpc) is 2.52. The summed E-state index contributed by atoms with van der Waals surface area (Å²) < 4.78 is 5.52.